The number of hydrogen-bond acceptors (Lipinski definition) is 5. The van der Waals surface area contributed by atoms with Crippen LogP contribution in [0.15, 0.2) is 35.4 Å². The normalized spacial score (nSPS) is 39.5. The van der Waals surface area contributed by atoms with Gasteiger partial charge in [-0.3, -0.25) is 9.59 Å². The maximum Gasteiger partial charge on any atom is 0.302 e. The van der Waals surface area contributed by atoms with Gasteiger partial charge in [0.2, 0.25) is 0 Å². The molecule has 0 bridgehead atoms. The number of fused-ring (bicyclic) bond motifs is 7. The number of carbonyl (C=O) groups is 2. The second kappa shape index (κ2) is 11.8. The van der Waals surface area contributed by atoms with E-state index in [0.29, 0.717) is 43.2 Å². The van der Waals surface area contributed by atoms with Crippen LogP contribution < -0.4 is 5.32 Å². The highest BCUT2D eigenvalue weighted by molar-refractivity contribution is 6.30. The van der Waals surface area contributed by atoms with Crippen LogP contribution >= 0.6 is 11.6 Å². The van der Waals surface area contributed by atoms with Crippen LogP contribution in [-0.2, 0) is 20.9 Å². The van der Waals surface area contributed by atoms with Gasteiger partial charge in [-0.15, -0.1) is 0 Å². The summed E-state index contributed by atoms with van der Waals surface area (Å²) in [7, 11) is 0. The number of Topliss-reactive ketones (excluding diaryl/α,β-unsaturated/α-hetero) is 1. The zero-order chi connectivity index (χ0) is 32.5. The molecular formula is C39H56ClNO4. The lowest BCUT2D eigenvalue weighted by Crippen LogP contribution is -2.63. The molecular weight excluding hydrogens is 582 g/mol. The third-order valence-corrected chi connectivity index (χ3v) is 14.4. The Balaban J connectivity index is 1.27. The Kier molecular flexibility index (Phi) is 8.69. The highest BCUT2D eigenvalue weighted by Crippen LogP contribution is 2.73. The number of hydrogen-bond donors (Lipinski definition) is 2. The first kappa shape index (κ1) is 33.2. The molecule has 45 heavy (non-hydrogen) atoms. The first-order chi connectivity index (χ1) is 21.1. The van der Waals surface area contributed by atoms with E-state index in [0.717, 1.165) is 54.7 Å². The number of ether oxygens (including phenoxy) is 1. The van der Waals surface area contributed by atoms with Crippen molar-refractivity contribution < 1.29 is 19.4 Å². The molecule has 6 rings (SSSR count). The summed E-state index contributed by atoms with van der Waals surface area (Å²) < 4.78 is 5.92. The van der Waals surface area contributed by atoms with Gasteiger partial charge in [-0.1, -0.05) is 70.8 Å². The van der Waals surface area contributed by atoms with Crippen molar-refractivity contribution in [1.82, 2.24) is 5.32 Å². The first-order valence-electron chi connectivity index (χ1n) is 17.7. The van der Waals surface area contributed by atoms with Crippen LogP contribution in [0.4, 0.5) is 0 Å². The van der Waals surface area contributed by atoms with Crippen molar-refractivity contribution in [3.05, 3.63) is 46.0 Å². The number of nitrogens with one attached hydrogen (secondary N) is 1. The fraction of sp³-hybridized carbons (Fsp3) is 0.744. The monoisotopic (exact) mass is 637 g/mol. The summed E-state index contributed by atoms with van der Waals surface area (Å²) in [5.41, 5.74) is 3.40. The molecule has 0 aromatic heterocycles. The minimum absolute atomic E-state index is 0.0119. The summed E-state index contributed by atoms with van der Waals surface area (Å²) in [4.78, 5) is 25.8. The molecule has 5 nitrogen and oxygen atoms in total. The van der Waals surface area contributed by atoms with Crippen molar-refractivity contribution in [2.24, 2.45) is 51.2 Å². The van der Waals surface area contributed by atoms with E-state index >= 15 is 0 Å². The topological polar surface area (TPSA) is 75.6 Å². The van der Waals surface area contributed by atoms with Gasteiger partial charge in [-0.05, 0) is 115 Å². The molecule has 4 fully saturated rings. The Labute approximate surface area is 276 Å². The Morgan fingerprint density at radius 2 is 1.67 bits per heavy atom. The molecule has 2 N–H and O–H groups in total. The lowest BCUT2D eigenvalue weighted by molar-refractivity contribution is -0.213. The summed E-state index contributed by atoms with van der Waals surface area (Å²) in [6, 6.07) is 7.84. The third kappa shape index (κ3) is 5.26. The molecule has 4 saturated carbocycles. The van der Waals surface area contributed by atoms with Crippen LogP contribution in [-0.4, -0.2) is 35.6 Å². The van der Waals surface area contributed by atoms with E-state index < -0.39 is 11.5 Å². The zero-order valence-electron chi connectivity index (χ0n) is 28.7. The standard InChI is InChI=1S/C39H56ClNO4/c1-23(2)34-29(43)20-39(32(44)22-41-21-25-8-10-26(40)11-9-25)19-14-28-27(35(34)39)12-13-31-37(28,6)17-15-30-36(4,5)33(45-24(3)42)16-18-38(30,31)7/h8-11,23,27-28,30-33,41,44H,12-22H2,1-7H3/t27?,28?,30-,31-,32?,33-,37?,38-,39?/m0/s1. The van der Waals surface area contributed by atoms with Crippen molar-refractivity contribution in [2.75, 3.05) is 6.54 Å². The summed E-state index contributed by atoms with van der Waals surface area (Å²) in [6.07, 6.45) is 8.47. The fourth-order valence-corrected chi connectivity index (χ4v) is 12.4. The molecule has 0 amide bonds. The number of aliphatic hydroxyl groups excluding tert-OH is 1. The summed E-state index contributed by atoms with van der Waals surface area (Å²) in [5.74, 6) is 2.30. The van der Waals surface area contributed by atoms with Crippen LogP contribution in [0.1, 0.15) is 112 Å². The van der Waals surface area contributed by atoms with Crippen molar-refractivity contribution in [2.45, 2.75) is 125 Å². The highest BCUT2D eigenvalue weighted by atomic mass is 35.5. The Bertz CT molecular complexity index is 1350. The van der Waals surface area contributed by atoms with Gasteiger partial charge in [0.05, 0.1) is 6.10 Å². The van der Waals surface area contributed by atoms with E-state index in [4.69, 9.17) is 16.3 Å². The molecule has 0 heterocycles. The van der Waals surface area contributed by atoms with Gasteiger partial charge in [-0.2, -0.15) is 0 Å². The van der Waals surface area contributed by atoms with Gasteiger partial charge < -0.3 is 15.2 Å². The Morgan fingerprint density at radius 3 is 2.33 bits per heavy atom. The molecule has 5 unspecified atom stereocenters. The largest absolute Gasteiger partial charge is 0.462 e. The lowest BCUT2D eigenvalue weighted by Gasteiger charge is -2.69. The van der Waals surface area contributed by atoms with Gasteiger partial charge in [-0.25, -0.2) is 0 Å². The number of rotatable bonds is 7. The quantitative estimate of drug-likeness (QED) is 0.294. The molecule has 248 valence electrons. The maximum absolute atomic E-state index is 13.8. The predicted molar refractivity (Wildman–Crippen MR) is 180 cm³/mol. The summed E-state index contributed by atoms with van der Waals surface area (Å²) >= 11 is 6.08. The number of benzene rings is 1. The van der Waals surface area contributed by atoms with E-state index in [2.05, 4.69) is 46.9 Å². The van der Waals surface area contributed by atoms with Gasteiger partial charge in [0, 0.05) is 42.3 Å². The molecule has 0 saturated heterocycles. The van der Waals surface area contributed by atoms with Gasteiger partial charge in [0.15, 0.2) is 5.78 Å². The molecule has 0 spiro atoms. The maximum atomic E-state index is 13.8. The summed E-state index contributed by atoms with van der Waals surface area (Å²) in [6.45, 7) is 16.9. The van der Waals surface area contributed by atoms with Crippen LogP contribution in [0.25, 0.3) is 0 Å². The van der Waals surface area contributed by atoms with E-state index in [-0.39, 0.29) is 40.0 Å². The molecule has 0 radical (unpaired) electrons. The van der Waals surface area contributed by atoms with Crippen LogP contribution in [0, 0.1) is 51.2 Å². The second-order valence-corrected chi connectivity index (χ2v) is 17.4. The average molecular weight is 638 g/mol. The van der Waals surface area contributed by atoms with E-state index in [9.17, 15) is 14.7 Å². The Hall–Kier alpha value is -1.69. The van der Waals surface area contributed by atoms with E-state index in [1.54, 1.807) is 6.92 Å². The van der Waals surface area contributed by atoms with E-state index in [1.165, 1.54) is 18.4 Å². The number of esters is 1. The number of aliphatic hydroxyl groups is 1. The van der Waals surface area contributed by atoms with Crippen molar-refractivity contribution in [1.29, 1.82) is 0 Å². The van der Waals surface area contributed by atoms with Crippen LogP contribution in [0.2, 0.25) is 5.02 Å². The van der Waals surface area contributed by atoms with Gasteiger partial charge >= 0.3 is 5.97 Å². The minimum Gasteiger partial charge on any atom is -0.462 e. The molecule has 1 aromatic rings. The fourth-order valence-electron chi connectivity index (χ4n) is 12.3. The van der Waals surface area contributed by atoms with Gasteiger partial charge in [0.25, 0.3) is 0 Å². The molecule has 9 atom stereocenters. The number of ketones is 1. The SMILES string of the molecule is CC(=O)O[C@H]1CC[C@]2(C)[C@H]3CCC4C5=C(C(C)C)C(=O)CC5(C(O)CNCc5ccc(Cl)cc5)CCC4C3(C)CC[C@H]2C1(C)C. The van der Waals surface area contributed by atoms with E-state index in [1.807, 2.05) is 24.3 Å². The van der Waals surface area contributed by atoms with Gasteiger partial charge in [0.1, 0.15) is 6.10 Å². The second-order valence-electron chi connectivity index (χ2n) is 17.0. The molecule has 5 aliphatic carbocycles. The number of halogens is 1. The Morgan fingerprint density at radius 1 is 0.978 bits per heavy atom. The first-order valence-corrected chi connectivity index (χ1v) is 18.1. The van der Waals surface area contributed by atoms with Crippen molar-refractivity contribution in [3.8, 4) is 0 Å². The molecule has 1 aromatic carbocycles. The molecule has 0 aliphatic heterocycles. The summed E-state index contributed by atoms with van der Waals surface area (Å²) in [5, 5.41) is 16.2. The number of carbonyl (C=O) groups excluding carboxylic acids is 2. The zero-order valence-corrected chi connectivity index (χ0v) is 29.4. The third-order valence-electron chi connectivity index (χ3n) is 14.1. The van der Waals surface area contributed by atoms with Crippen molar-refractivity contribution in [3.63, 3.8) is 0 Å². The molecule has 5 aliphatic rings. The lowest BCUT2D eigenvalue weighted by atomic mass is 9.36. The molecule has 6 heteroatoms. The smallest absolute Gasteiger partial charge is 0.302 e. The average Bonchev–Trinajstić information content (AvgIpc) is 3.29. The number of allylic oxidation sites excluding steroid dienone is 1. The van der Waals surface area contributed by atoms with Crippen molar-refractivity contribution >= 4 is 23.4 Å². The highest BCUT2D eigenvalue weighted by Gasteiger charge is 2.67. The predicted octanol–water partition coefficient (Wildman–Crippen LogP) is 8.31. The van der Waals surface area contributed by atoms with Crippen LogP contribution in [0.5, 0.6) is 0 Å². The van der Waals surface area contributed by atoms with Crippen LogP contribution in [0.3, 0.4) is 0 Å². The minimum atomic E-state index is -0.600.